The summed E-state index contributed by atoms with van der Waals surface area (Å²) in [5.74, 6) is 6.46. The SMILES string of the molecule is CC(C)c1[c-]cc(C#Cc2cnn(C)c2)nc1.[Y]. The number of nitrogens with zero attached hydrogens (tertiary/aromatic N) is 3. The van der Waals surface area contributed by atoms with Crippen molar-refractivity contribution in [1.29, 1.82) is 0 Å². The van der Waals surface area contributed by atoms with Gasteiger partial charge in [0.05, 0.1) is 11.8 Å². The monoisotopic (exact) mass is 313 g/mol. The molecule has 18 heavy (non-hydrogen) atoms. The number of pyridine rings is 1. The molecule has 2 heterocycles. The Morgan fingerprint density at radius 3 is 2.56 bits per heavy atom. The van der Waals surface area contributed by atoms with Crippen LogP contribution in [0.3, 0.4) is 0 Å². The summed E-state index contributed by atoms with van der Waals surface area (Å²) in [6, 6.07) is 5.02. The van der Waals surface area contributed by atoms with Crippen molar-refractivity contribution in [2.45, 2.75) is 19.8 Å². The second-order valence-corrected chi connectivity index (χ2v) is 4.19. The van der Waals surface area contributed by atoms with Crippen LogP contribution in [0.5, 0.6) is 0 Å². The van der Waals surface area contributed by atoms with Gasteiger partial charge in [-0.25, -0.2) is 0 Å². The smallest absolute Gasteiger partial charge is 0.0646 e. The quantitative estimate of drug-likeness (QED) is 0.596. The van der Waals surface area contributed by atoms with Crippen LogP contribution < -0.4 is 0 Å². The summed E-state index contributed by atoms with van der Waals surface area (Å²) in [5.41, 5.74) is 2.73. The first kappa shape index (κ1) is 15.1. The third kappa shape index (κ3) is 4.05. The van der Waals surface area contributed by atoms with Crippen LogP contribution >= 0.6 is 0 Å². The first-order chi connectivity index (χ1) is 8.15. The summed E-state index contributed by atoms with van der Waals surface area (Å²) in [5, 5.41) is 4.05. The van der Waals surface area contributed by atoms with Gasteiger partial charge in [0.2, 0.25) is 0 Å². The summed E-state index contributed by atoms with van der Waals surface area (Å²) < 4.78 is 1.73. The molecule has 2 rings (SSSR count). The predicted molar refractivity (Wildman–Crippen MR) is 66.4 cm³/mol. The van der Waals surface area contributed by atoms with Crippen LogP contribution in [0.25, 0.3) is 0 Å². The van der Waals surface area contributed by atoms with Crippen molar-refractivity contribution in [3.63, 3.8) is 0 Å². The van der Waals surface area contributed by atoms with Gasteiger partial charge >= 0.3 is 0 Å². The van der Waals surface area contributed by atoms with Gasteiger partial charge in [-0.05, 0) is 11.6 Å². The Balaban J connectivity index is 0.00000162. The van der Waals surface area contributed by atoms with Gasteiger partial charge in [0.25, 0.3) is 0 Å². The molecular weight excluding hydrogens is 299 g/mol. The first-order valence-corrected chi connectivity index (χ1v) is 5.53. The summed E-state index contributed by atoms with van der Waals surface area (Å²) in [6.07, 6.45) is 5.44. The number of hydrogen-bond acceptors (Lipinski definition) is 2. The maximum Gasteiger partial charge on any atom is 0.0646 e. The van der Waals surface area contributed by atoms with E-state index in [1.165, 1.54) is 0 Å². The molecule has 2 aromatic heterocycles. The van der Waals surface area contributed by atoms with Crippen LogP contribution in [-0.4, -0.2) is 14.8 Å². The molecule has 0 aliphatic carbocycles. The molecule has 0 aromatic carbocycles. The van der Waals surface area contributed by atoms with Crippen molar-refractivity contribution in [2.24, 2.45) is 7.05 Å². The first-order valence-electron chi connectivity index (χ1n) is 5.53. The van der Waals surface area contributed by atoms with E-state index in [2.05, 4.69) is 41.8 Å². The molecule has 0 unspecified atom stereocenters. The Morgan fingerprint density at radius 1 is 1.28 bits per heavy atom. The molecule has 0 aliphatic rings. The fourth-order valence-electron chi connectivity index (χ4n) is 1.37. The van der Waals surface area contributed by atoms with Crippen LogP contribution in [0, 0.1) is 17.9 Å². The van der Waals surface area contributed by atoms with Gasteiger partial charge in [-0.3, -0.25) is 4.68 Å². The number of aromatic nitrogens is 3. The van der Waals surface area contributed by atoms with Crippen LogP contribution in [0.15, 0.2) is 24.7 Å². The van der Waals surface area contributed by atoms with E-state index in [-0.39, 0.29) is 32.7 Å². The van der Waals surface area contributed by atoms with Crippen molar-refractivity contribution in [1.82, 2.24) is 14.8 Å². The van der Waals surface area contributed by atoms with Gasteiger partial charge in [-0.2, -0.15) is 11.2 Å². The fourth-order valence-corrected chi connectivity index (χ4v) is 1.37. The van der Waals surface area contributed by atoms with Gasteiger partial charge in [0.15, 0.2) is 0 Å². The molecule has 0 atom stereocenters. The average molecular weight is 313 g/mol. The minimum absolute atomic E-state index is 0. The molecule has 89 valence electrons. The van der Waals surface area contributed by atoms with Crippen molar-refractivity contribution in [3.05, 3.63) is 47.5 Å². The molecule has 0 fully saturated rings. The molecule has 0 saturated carbocycles. The maximum atomic E-state index is 4.29. The molecule has 0 saturated heterocycles. The third-order valence-corrected chi connectivity index (χ3v) is 2.38. The topological polar surface area (TPSA) is 30.7 Å². The van der Waals surface area contributed by atoms with E-state index in [1.807, 2.05) is 25.5 Å². The van der Waals surface area contributed by atoms with E-state index in [0.717, 1.165) is 16.8 Å². The van der Waals surface area contributed by atoms with Gasteiger partial charge in [-0.15, -0.1) is 17.6 Å². The predicted octanol–water partition coefficient (Wildman–Crippen LogP) is 2.14. The zero-order valence-electron chi connectivity index (χ0n) is 10.8. The second-order valence-electron chi connectivity index (χ2n) is 4.19. The third-order valence-electron chi connectivity index (χ3n) is 2.38. The Morgan fingerprint density at radius 2 is 2.06 bits per heavy atom. The largest absolute Gasteiger partial charge is 0.375 e. The number of rotatable bonds is 1. The molecule has 1 radical (unpaired) electrons. The average Bonchev–Trinajstić information content (AvgIpc) is 2.73. The molecule has 4 heteroatoms. The van der Waals surface area contributed by atoms with E-state index in [1.54, 1.807) is 10.9 Å². The van der Waals surface area contributed by atoms with Crippen molar-refractivity contribution in [2.75, 3.05) is 0 Å². The van der Waals surface area contributed by atoms with Gasteiger partial charge < -0.3 is 4.98 Å². The normalized spacial score (nSPS) is 9.56. The Bertz CT molecular complexity index is 559. The fraction of sp³-hybridized carbons (Fsp3) is 0.286. The molecule has 0 N–H and O–H groups in total. The molecule has 0 bridgehead atoms. The van der Waals surface area contributed by atoms with E-state index < -0.39 is 0 Å². The van der Waals surface area contributed by atoms with Crippen molar-refractivity contribution >= 4 is 0 Å². The van der Waals surface area contributed by atoms with Crippen LogP contribution in [0.1, 0.15) is 36.6 Å². The molecule has 0 spiro atoms. The molecule has 3 nitrogen and oxygen atoms in total. The number of aryl methyl sites for hydroxylation is 1. The van der Waals surface area contributed by atoms with E-state index >= 15 is 0 Å². The Labute approximate surface area is 133 Å². The van der Waals surface area contributed by atoms with E-state index in [9.17, 15) is 0 Å². The summed E-state index contributed by atoms with van der Waals surface area (Å²) in [4.78, 5) is 4.29. The standard InChI is InChI=1S/C14H14N3.Y/c1-11(2)13-5-7-14(15-9-13)6-4-12-8-16-17(3)10-12;/h7-11H,1-3H3;/q-1;. The molecule has 0 aliphatic heterocycles. The van der Waals surface area contributed by atoms with Crippen molar-refractivity contribution in [3.8, 4) is 11.8 Å². The number of hydrogen-bond donors (Lipinski definition) is 0. The van der Waals surface area contributed by atoms with Gasteiger partial charge in [0.1, 0.15) is 0 Å². The maximum absolute atomic E-state index is 4.29. The van der Waals surface area contributed by atoms with E-state index in [0.29, 0.717) is 5.92 Å². The minimum atomic E-state index is 0. The summed E-state index contributed by atoms with van der Waals surface area (Å²) in [6.45, 7) is 4.24. The molecular formula is C14H14N3Y-. The second kappa shape index (κ2) is 6.82. The molecule has 0 amide bonds. The zero-order chi connectivity index (χ0) is 12.3. The van der Waals surface area contributed by atoms with Gasteiger partial charge in [0, 0.05) is 46.0 Å². The molecule has 2 aromatic rings. The van der Waals surface area contributed by atoms with Crippen molar-refractivity contribution < 1.29 is 32.7 Å². The van der Waals surface area contributed by atoms with E-state index in [4.69, 9.17) is 0 Å². The summed E-state index contributed by atoms with van der Waals surface area (Å²) >= 11 is 0. The van der Waals surface area contributed by atoms with Crippen LogP contribution in [0.4, 0.5) is 0 Å². The Kier molecular flexibility index (Phi) is 5.72. The zero-order valence-corrected chi connectivity index (χ0v) is 13.6. The van der Waals surface area contributed by atoms with Gasteiger partial charge in [-0.1, -0.05) is 26.0 Å². The van der Waals surface area contributed by atoms with Crippen LogP contribution in [-0.2, 0) is 39.8 Å². The Hall–Kier alpha value is -0.976. The minimum Gasteiger partial charge on any atom is -0.375 e. The summed E-state index contributed by atoms with van der Waals surface area (Å²) in [7, 11) is 1.87. The van der Waals surface area contributed by atoms with Crippen LogP contribution in [0.2, 0.25) is 0 Å².